The number of carbonyl (C=O) groups excluding carboxylic acids is 1. The summed E-state index contributed by atoms with van der Waals surface area (Å²) >= 11 is 1.53. The van der Waals surface area contributed by atoms with E-state index in [-0.39, 0.29) is 5.91 Å². The predicted octanol–water partition coefficient (Wildman–Crippen LogP) is 0.532. The Hall–Kier alpha value is -1.70. The zero-order valence-corrected chi connectivity index (χ0v) is 11.6. The Morgan fingerprint density at radius 2 is 2.40 bits per heavy atom. The van der Waals surface area contributed by atoms with E-state index in [0.717, 1.165) is 16.5 Å². The summed E-state index contributed by atoms with van der Waals surface area (Å²) in [5, 5.41) is 10.5. The van der Waals surface area contributed by atoms with Crippen LogP contribution in [0, 0.1) is 0 Å². The van der Waals surface area contributed by atoms with E-state index in [9.17, 15) is 9.59 Å². The van der Waals surface area contributed by atoms with Gasteiger partial charge < -0.3 is 15.6 Å². The molecule has 1 unspecified atom stereocenters. The minimum absolute atomic E-state index is 0.326. The maximum absolute atomic E-state index is 11.4. The minimum Gasteiger partial charge on any atom is -0.478 e. The Morgan fingerprint density at radius 1 is 1.60 bits per heavy atom. The van der Waals surface area contributed by atoms with Gasteiger partial charge in [-0.25, -0.2) is 4.79 Å². The number of hydrogen-bond acceptors (Lipinski definition) is 5. The van der Waals surface area contributed by atoms with E-state index in [1.165, 1.54) is 11.3 Å². The van der Waals surface area contributed by atoms with Crippen molar-refractivity contribution in [1.82, 2.24) is 4.90 Å². The van der Waals surface area contributed by atoms with Crippen LogP contribution < -0.4 is 5.73 Å². The second kappa shape index (κ2) is 6.65. The van der Waals surface area contributed by atoms with Crippen molar-refractivity contribution in [3.8, 4) is 0 Å². The van der Waals surface area contributed by atoms with E-state index in [1.807, 2.05) is 16.3 Å². The fraction of sp³-hybridized carbons (Fsp3) is 0.385. The van der Waals surface area contributed by atoms with Crippen molar-refractivity contribution in [3.63, 3.8) is 0 Å². The van der Waals surface area contributed by atoms with Crippen LogP contribution in [-0.4, -0.2) is 47.7 Å². The number of ether oxygens (including phenoxy) is 1. The van der Waals surface area contributed by atoms with Gasteiger partial charge in [0.1, 0.15) is 6.04 Å². The second-order valence-corrected chi connectivity index (χ2v) is 5.48. The Kier molecular flexibility index (Phi) is 4.89. The first-order valence-electron chi connectivity index (χ1n) is 6.16. The molecule has 0 aliphatic carbocycles. The smallest absolute Gasteiger partial charge is 0.328 e. The van der Waals surface area contributed by atoms with Crippen LogP contribution in [0.5, 0.6) is 0 Å². The number of aliphatic carboxylic acids is 1. The lowest BCUT2D eigenvalue weighted by Gasteiger charge is -2.32. The van der Waals surface area contributed by atoms with Gasteiger partial charge in [-0.05, 0) is 23.1 Å². The van der Waals surface area contributed by atoms with Crippen molar-refractivity contribution >= 4 is 29.3 Å². The highest BCUT2D eigenvalue weighted by Crippen LogP contribution is 2.20. The normalized spacial score (nSPS) is 20.3. The lowest BCUT2D eigenvalue weighted by atomic mass is 10.2. The molecule has 1 aliphatic rings. The van der Waals surface area contributed by atoms with Crippen molar-refractivity contribution in [2.45, 2.75) is 12.6 Å². The quantitative estimate of drug-likeness (QED) is 0.773. The highest BCUT2D eigenvalue weighted by atomic mass is 32.1. The molecule has 1 aromatic heterocycles. The van der Waals surface area contributed by atoms with Crippen LogP contribution in [0.3, 0.4) is 0 Å². The Balaban J connectivity index is 2.01. The van der Waals surface area contributed by atoms with Crippen LogP contribution in [0.25, 0.3) is 6.08 Å². The highest BCUT2D eigenvalue weighted by Gasteiger charge is 2.27. The molecule has 1 fully saturated rings. The average Bonchev–Trinajstić information content (AvgIpc) is 2.84. The Bertz CT molecular complexity index is 526. The number of hydrogen-bond donors (Lipinski definition) is 2. The maximum atomic E-state index is 11.4. The Labute approximate surface area is 120 Å². The van der Waals surface area contributed by atoms with Crippen molar-refractivity contribution in [2.75, 3.05) is 19.8 Å². The molecule has 1 saturated heterocycles. The molecule has 2 heterocycles. The van der Waals surface area contributed by atoms with E-state index < -0.39 is 12.0 Å². The third kappa shape index (κ3) is 3.89. The molecule has 7 heteroatoms. The SMILES string of the molecule is NC(=O)C1COCCN1Cc1cc(/C=C/C(=O)O)cs1. The number of primary amides is 1. The van der Waals surface area contributed by atoms with Gasteiger partial charge >= 0.3 is 5.97 Å². The largest absolute Gasteiger partial charge is 0.478 e. The van der Waals surface area contributed by atoms with Crippen LogP contribution >= 0.6 is 11.3 Å². The highest BCUT2D eigenvalue weighted by molar-refractivity contribution is 7.10. The standard InChI is InChI=1S/C13H16N2O4S/c14-13(18)11-7-19-4-3-15(11)6-10-5-9(8-20-10)1-2-12(16)17/h1-2,5,8,11H,3-4,6-7H2,(H2,14,18)(H,16,17)/b2-1+. The second-order valence-electron chi connectivity index (χ2n) is 4.48. The van der Waals surface area contributed by atoms with Gasteiger partial charge in [-0.1, -0.05) is 0 Å². The lowest BCUT2D eigenvalue weighted by molar-refractivity contribution is -0.131. The zero-order valence-electron chi connectivity index (χ0n) is 10.8. The summed E-state index contributed by atoms with van der Waals surface area (Å²) in [5.41, 5.74) is 6.21. The molecule has 0 spiro atoms. The van der Waals surface area contributed by atoms with Gasteiger partial charge in [0.05, 0.1) is 13.2 Å². The summed E-state index contributed by atoms with van der Waals surface area (Å²) in [4.78, 5) is 24.9. The number of rotatable bonds is 5. The molecule has 0 saturated carbocycles. The number of nitrogens with two attached hydrogens (primary N) is 1. The molecular weight excluding hydrogens is 280 g/mol. The number of carbonyl (C=O) groups is 2. The summed E-state index contributed by atoms with van der Waals surface area (Å²) in [6.45, 7) is 2.18. The van der Waals surface area contributed by atoms with Gasteiger partial charge in [0.2, 0.25) is 5.91 Å². The van der Waals surface area contributed by atoms with Crippen LogP contribution in [0.1, 0.15) is 10.4 Å². The number of amides is 1. The number of carboxylic acids is 1. The van der Waals surface area contributed by atoms with Gasteiger partial charge in [-0.3, -0.25) is 9.69 Å². The summed E-state index contributed by atoms with van der Waals surface area (Å²) in [5.74, 6) is -1.35. The van der Waals surface area contributed by atoms with Crippen molar-refractivity contribution in [2.24, 2.45) is 5.73 Å². The molecule has 0 bridgehead atoms. The predicted molar refractivity (Wildman–Crippen MR) is 75.2 cm³/mol. The molecule has 6 nitrogen and oxygen atoms in total. The first-order valence-corrected chi connectivity index (χ1v) is 7.04. The maximum Gasteiger partial charge on any atom is 0.328 e. The minimum atomic E-state index is -0.972. The van der Waals surface area contributed by atoms with Gasteiger partial charge in [0, 0.05) is 24.0 Å². The first-order chi connectivity index (χ1) is 9.56. The van der Waals surface area contributed by atoms with Crippen LogP contribution in [0.15, 0.2) is 17.5 Å². The van der Waals surface area contributed by atoms with Gasteiger partial charge in [0.15, 0.2) is 0 Å². The summed E-state index contributed by atoms with van der Waals surface area (Å²) in [6, 6.07) is 1.52. The van der Waals surface area contributed by atoms with E-state index >= 15 is 0 Å². The van der Waals surface area contributed by atoms with Crippen molar-refractivity contribution in [1.29, 1.82) is 0 Å². The van der Waals surface area contributed by atoms with Gasteiger partial charge in [-0.2, -0.15) is 0 Å². The molecule has 20 heavy (non-hydrogen) atoms. The third-order valence-electron chi connectivity index (χ3n) is 3.02. The van der Waals surface area contributed by atoms with Crippen LogP contribution in [0.2, 0.25) is 0 Å². The molecule has 1 atom stereocenters. The molecule has 3 N–H and O–H groups in total. The van der Waals surface area contributed by atoms with E-state index in [1.54, 1.807) is 6.08 Å². The van der Waals surface area contributed by atoms with E-state index in [2.05, 4.69) is 0 Å². The van der Waals surface area contributed by atoms with Crippen LogP contribution in [0.4, 0.5) is 0 Å². The fourth-order valence-electron chi connectivity index (χ4n) is 2.02. The molecular formula is C13H16N2O4S. The number of thiophene rings is 1. The van der Waals surface area contributed by atoms with Gasteiger partial charge in [-0.15, -0.1) is 11.3 Å². The fourth-order valence-corrected chi connectivity index (χ4v) is 2.90. The summed E-state index contributed by atoms with van der Waals surface area (Å²) in [7, 11) is 0. The summed E-state index contributed by atoms with van der Waals surface area (Å²) in [6.07, 6.45) is 2.65. The molecule has 0 radical (unpaired) electrons. The van der Waals surface area contributed by atoms with E-state index in [4.69, 9.17) is 15.6 Å². The summed E-state index contributed by atoms with van der Waals surface area (Å²) < 4.78 is 5.27. The number of nitrogens with zero attached hydrogens (tertiary/aromatic N) is 1. The van der Waals surface area contributed by atoms with Crippen molar-refractivity contribution < 1.29 is 19.4 Å². The zero-order chi connectivity index (χ0) is 14.5. The lowest BCUT2D eigenvalue weighted by Crippen LogP contribution is -2.51. The van der Waals surface area contributed by atoms with Crippen molar-refractivity contribution in [3.05, 3.63) is 28.0 Å². The van der Waals surface area contributed by atoms with Crippen LogP contribution in [-0.2, 0) is 20.9 Å². The van der Waals surface area contributed by atoms with Gasteiger partial charge in [0.25, 0.3) is 0 Å². The topological polar surface area (TPSA) is 92.9 Å². The third-order valence-corrected chi connectivity index (χ3v) is 3.96. The molecule has 1 aliphatic heterocycles. The Morgan fingerprint density at radius 3 is 3.10 bits per heavy atom. The molecule has 0 aromatic carbocycles. The number of morpholine rings is 1. The molecule has 1 aromatic rings. The monoisotopic (exact) mass is 296 g/mol. The average molecular weight is 296 g/mol. The molecule has 108 valence electrons. The van der Waals surface area contributed by atoms with E-state index in [0.29, 0.717) is 26.3 Å². The molecule has 1 amide bonds. The first kappa shape index (κ1) is 14.7. The molecule has 2 rings (SSSR count). The number of carboxylic acid groups (broad SMARTS) is 1.